The van der Waals surface area contributed by atoms with Crippen molar-refractivity contribution in [1.29, 1.82) is 0 Å². The minimum absolute atomic E-state index is 0.492. The first kappa shape index (κ1) is 11.6. The fraction of sp³-hybridized carbons (Fsp3) is 0.571. The number of hydrogen-bond acceptors (Lipinski definition) is 2. The van der Waals surface area contributed by atoms with Crippen LogP contribution in [0.3, 0.4) is 0 Å². The fourth-order valence-electron chi connectivity index (χ4n) is 2.29. The average molecular weight is 219 g/mol. The van der Waals surface area contributed by atoms with Crippen LogP contribution in [0, 0.1) is 0 Å². The molecule has 1 aromatic rings. The van der Waals surface area contributed by atoms with Crippen molar-refractivity contribution in [2.75, 3.05) is 7.05 Å². The standard InChI is InChI=1S/C14H21NO/c1-3-4-5-14(15-2)11-6-7-12-9-16-10-13(12)8-11/h6-8,14-15H,3-5,9-10H2,1-2H3. The van der Waals surface area contributed by atoms with Crippen LogP contribution in [0.1, 0.15) is 48.9 Å². The second-order valence-electron chi connectivity index (χ2n) is 4.50. The molecule has 0 aliphatic carbocycles. The highest BCUT2D eigenvalue weighted by Gasteiger charge is 2.14. The normalized spacial score (nSPS) is 16.1. The van der Waals surface area contributed by atoms with E-state index in [0.717, 1.165) is 13.2 Å². The Morgan fingerprint density at radius 1 is 1.31 bits per heavy atom. The van der Waals surface area contributed by atoms with Gasteiger partial charge in [-0.2, -0.15) is 0 Å². The Kier molecular flexibility index (Phi) is 3.97. The van der Waals surface area contributed by atoms with Crippen molar-refractivity contribution in [3.05, 3.63) is 34.9 Å². The smallest absolute Gasteiger partial charge is 0.0725 e. The van der Waals surface area contributed by atoms with Gasteiger partial charge in [0.05, 0.1) is 13.2 Å². The summed E-state index contributed by atoms with van der Waals surface area (Å²) in [5, 5.41) is 3.40. The van der Waals surface area contributed by atoms with E-state index in [1.54, 1.807) is 0 Å². The quantitative estimate of drug-likeness (QED) is 0.821. The van der Waals surface area contributed by atoms with Gasteiger partial charge >= 0.3 is 0 Å². The third-order valence-corrected chi connectivity index (χ3v) is 3.34. The van der Waals surface area contributed by atoms with Crippen molar-refractivity contribution in [3.8, 4) is 0 Å². The van der Waals surface area contributed by atoms with Crippen molar-refractivity contribution < 1.29 is 4.74 Å². The molecule has 88 valence electrons. The molecule has 1 aliphatic heterocycles. The first-order chi connectivity index (χ1) is 7.85. The van der Waals surface area contributed by atoms with Crippen molar-refractivity contribution in [2.24, 2.45) is 0 Å². The number of hydrogen-bond donors (Lipinski definition) is 1. The summed E-state index contributed by atoms with van der Waals surface area (Å²) in [5.41, 5.74) is 4.13. The van der Waals surface area contributed by atoms with E-state index < -0.39 is 0 Å². The topological polar surface area (TPSA) is 21.3 Å². The molecular formula is C14H21NO. The Hall–Kier alpha value is -0.860. The highest BCUT2D eigenvalue weighted by Crippen LogP contribution is 2.26. The summed E-state index contributed by atoms with van der Waals surface area (Å²) in [6.07, 6.45) is 3.75. The molecule has 2 rings (SSSR count). The summed E-state index contributed by atoms with van der Waals surface area (Å²) in [6, 6.07) is 7.25. The van der Waals surface area contributed by atoms with Gasteiger partial charge in [-0.3, -0.25) is 0 Å². The molecule has 0 fully saturated rings. The molecule has 2 heteroatoms. The Balaban J connectivity index is 2.12. The second kappa shape index (κ2) is 5.46. The molecule has 0 radical (unpaired) electrons. The first-order valence-corrected chi connectivity index (χ1v) is 6.22. The highest BCUT2D eigenvalue weighted by molar-refractivity contribution is 5.34. The summed E-state index contributed by atoms with van der Waals surface area (Å²) < 4.78 is 5.44. The third kappa shape index (κ3) is 2.45. The zero-order valence-corrected chi connectivity index (χ0v) is 10.3. The van der Waals surface area contributed by atoms with Crippen LogP contribution in [0.25, 0.3) is 0 Å². The average Bonchev–Trinajstić information content (AvgIpc) is 2.77. The van der Waals surface area contributed by atoms with Crippen LogP contribution in [-0.4, -0.2) is 7.05 Å². The van der Waals surface area contributed by atoms with E-state index in [4.69, 9.17) is 4.74 Å². The largest absolute Gasteiger partial charge is 0.372 e. The Morgan fingerprint density at radius 3 is 2.88 bits per heavy atom. The SMILES string of the molecule is CCCCC(NC)c1ccc2c(c1)COC2. The van der Waals surface area contributed by atoms with E-state index in [1.807, 2.05) is 7.05 Å². The molecule has 0 bridgehead atoms. The molecule has 16 heavy (non-hydrogen) atoms. The van der Waals surface area contributed by atoms with Gasteiger partial charge in [-0.15, -0.1) is 0 Å². The zero-order valence-electron chi connectivity index (χ0n) is 10.3. The Labute approximate surface area is 98.0 Å². The minimum Gasteiger partial charge on any atom is -0.372 e. The predicted molar refractivity (Wildman–Crippen MR) is 66.3 cm³/mol. The predicted octanol–water partition coefficient (Wildman–Crippen LogP) is 3.17. The molecule has 0 saturated carbocycles. The van der Waals surface area contributed by atoms with Gasteiger partial charge in [-0.25, -0.2) is 0 Å². The van der Waals surface area contributed by atoms with Crippen molar-refractivity contribution in [2.45, 2.75) is 45.4 Å². The van der Waals surface area contributed by atoms with Gasteiger partial charge in [0.15, 0.2) is 0 Å². The molecule has 1 heterocycles. The lowest BCUT2D eigenvalue weighted by Crippen LogP contribution is -2.16. The van der Waals surface area contributed by atoms with E-state index in [-0.39, 0.29) is 0 Å². The van der Waals surface area contributed by atoms with Crippen LogP contribution >= 0.6 is 0 Å². The van der Waals surface area contributed by atoms with Gasteiger partial charge in [0.1, 0.15) is 0 Å². The van der Waals surface area contributed by atoms with E-state index >= 15 is 0 Å². The lowest BCUT2D eigenvalue weighted by molar-refractivity contribution is 0.134. The lowest BCUT2D eigenvalue weighted by atomic mass is 9.97. The van der Waals surface area contributed by atoms with Crippen molar-refractivity contribution in [3.63, 3.8) is 0 Å². The summed E-state index contributed by atoms with van der Waals surface area (Å²) in [7, 11) is 2.05. The maximum Gasteiger partial charge on any atom is 0.0725 e. The van der Waals surface area contributed by atoms with Gasteiger partial charge in [-0.1, -0.05) is 38.0 Å². The summed E-state index contributed by atoms with van der Waals surface area (Å²) in [5.74, 6) is 0. The van der Waals surface area contributed by atoms with E-state index in [9.17, 15) is 0 Å². The van der Waals surface area contributed by atoms with Gasteiger partial charge in [-0.05, 0) is 30.2 Å². The first-order valence-electron chi connectivity index (χ1n) is 6.22. The molecule has 0 spiro atoms. The van der Waals surface area contributed by atoms with E-state index in [0.29, 0.717) is 6.04 Å². The summed E-state index contributed by atoms with van der Waals surface area (Å²) in [6.45, 7) is 3.81. The molecule has 1 unspecified atom stereocenters. The van der Waals surface area contributed by atoms with E-state index in [2.05, 4.69) is 30.4 Å². The number of benzene rings is 1. The lowest BCUT2D eigenvalue weighted by Gasteiger charge is -2.17. The van der Waals surface area contributed by atoms with Crippen LogP contribution in [0.15, 0.2) is 18.2 Å². The van der Waals surface area contributed by atoms with Crippen molar-refractivity contribution >= 4 is 0 Å². The fourth-order valence-corrected chi connectivity index (χ4v) is 2.29. The van der Waals surface area contributed by atoms with Gasteiger partial charge < -0.3 is 10.1 Å². The van der Waals surface area contributed by atoms with Crippen LogP contribution in [0.2, 0.25) is 0 Å². The van der Waals surface area contributed by atoms with Crippen LogP contribution < -0.4 is 5.32 Å². The molecule has 2 nitrogen and oxygen atoms in total. The summed E-state index contributed by atoms with van der Waals surface area (Å²) in [4.78, 5) is 0. The molecule has 1 N–H and O–H groups in total. The van der Waals surface area contributed by atoms with Crippen LogP contribution in [0.4, 0.5) is 0 Å². The van der Waals surface area contributed by atoms with Gasteiger partial charge in [0, 0.05) is 6.04 Å². The van der Waals surface area contributed by atoms with Crippen LogP contribution in [-0.2, 0) is 18.0 Å². The number of rotatable bonds is 5. The number of unbranched alkanes of at least 4 members (excludes halogenated alkanes) is 1. The number of fused-ring (bicyclic) bond motifs is 1. The Bertz CT molecular complexity index is 349. The molecule has 1 aromatic carbocycles. The minimum atomic E-state index is 0.492. The molecule has 0 saturated heterocycles. The second-order valence-corrected chi connectivity index (χ2v) is 4.50. The zero-order chi connectivity index (χ0) is 11.4. The highest BCUT2D eigenvalue weighted by atomic mass is 16.5. The molecule has 0 aromatic heterocycles. The van der Waals surface area contributed by atoms with Gasteiger partial charge in [0.2, 0.25) is 0 Å². The summed E-state index contributed by atoms with van der Waals surface area (Å²) >= 11 is 0. The third-order valence-electron chi connectivity index (χ3n) is 3.34. The Morgan fingerprint density at radius 2 is 2.12 bits per heavy atom. The number of ether oxygens (including phenoxy) is 1. The molecule has 1 atom stereocenters. The number of nitrogens with one attached hydrogen (secondary N) is 1. The molecule has 0 amide bonds. The monoisotopic (exact) mass is 219 g/mol. The van der Waals surface area contributed by atoms with Crippen molar-refractivity contribution in [1.82, 2.24) is 5.32 Å². The van der Waals surface area contributed by atoms with E-state index in [1.165, 1.54) is 36.0 Å². The molecule has 1 aliphatic rings. The maximum atomic E-state index is 5.44. The van der Waals surface area contributed by atoms with Gasteiger partial charge in [0.25, 0.3) is 0 Å². The van der Waals surface area contributed by atoms with Crippen LogP contribution in [0.5, 0.6) is 0 Å². The molecular weight excluding hydrogens is 198 g/mol. The maximum absolute atomic E-state index is 5.44.